The molecule has 1 saturated heterocycles. The number of aromatic nitrogens is 1. The van der Waals surface area contributed by atoms with Gasteiger partial charge in [0.15, 0.2) is 0 Å². The van der Waals surface area contributed by atoms with Crippen molar-refractivity contribution in [2.45, 2.75) is 39.5 Å². The molecule has 0 radical (unpaired) electrons. The van der Waals surface area contributed by atoms with Crippen molar-refractivity contribution in [1.29, 1.82) is 0 Å². The molecule has 1 aromatic heterocycles. The summed E-state index contributed by atoms with van der Waals surface area (Å²) in [7, 11) is 0. The molecule has 0 amide bonds. The first-order valence-electron chi connectivity index (χ1n) is 6.74. The van der Waals surface area contributed by atoms with Crippen LogP contribution >= 0.6 is 0 Å². The van der Waals surface area contributed by atoms with Crippen molar-refractivity contribution in [2.75, 3.05) is 24.5 Å². The van der Waals surface area contributed by atoms with Gasteiger partial charge in [-0.2, -0.15) is 0 Å². The fourth-order valence-corrected chi connectivity index (χ4v) is 2.48. The second kappa shape index (κ2) is 6.16. The minimum absolute atomic E-state index is 0.279. The maximum atomic E-state index is 5.78. The summed E-state index contributed by atoms with van der Waals surface area (Å²) in [4.78, 5) is 6.66. The van der Waals surface area contributed by atoms with E-state index < -0.39 is 0 Å². The maximum absolute atomic E-state index is 5.78. The van der Waals surface area contributed by atoms with Crippen LogP contribution < -0.4 is 10.2 Å². The molecule has 2 atom stereocenters. The van der Waals surface area contributed by atoms with Crippen molar-refractivity contribution in [3.63, 3.8) is 0 Å². The van der Waals surface area contributed by atoms with Crippen molar-refractivity contribution in [1.82, 2.24) is 10.3 Å². The molecule has 1 aliphatic rings. The van der Waals surface area contributed by atoms with Crippen molar-refractivity contribution in [3.05, 3.63) is 24.0 Å². The SMILES string of the molecule is CCNCc1ccncc1N1CC(C)OC(C)C1. The Labute approximate surface area is 109 Å². The quantitative estimate of drug-likeness (QED) is 0.883. The van der Waals surface area contributed by atoms with Crippen LogP contribution in [0.15, 0.2) is 18.5 Å². The molecule has 0 aliphatic carbocycles. The first kappa shape index (κ1) is 13.3. The van der Waals surface area contributed by atoms with Crippen LogP contribution in [0.2, 0.25) is 0 Å². The Kier molecular flexibility index (Phi) is 4.55. The lowest BCUT2D eigenvalue weighted by Gasteiger charge is -2.37. The van der Waals surface area contributed by atoms with Gasteiger partial charge >= 0.3 is 0 Å². The molecule has 1 fully saturated rings. The predicted octanol–water partition coefficient (Wildman–Crippen LogP) is 1.80. The number of hydrogen-bond donors (Lipinski definition) is 1. The van der Waals surface area contributed by atoms with Gasteiger partial charge in [-0.05, 0) is 32.0 Å². The van der Waals surface area contributed by atoms with Crippen LogP contribution in [0.1, 0.15) is 26.3 Å². The normalized spacial score (nSPS) is 24.3. The summed E-state index contributed by atoms with van der Waals surface area (Å²) in [5, 5.41) is 3.38. The van der Waals surface area contributed by atoms with Crippen molar-refractivity contribution < 1.29 is 4.74 Å². The third kappa shape index (κ3) is 3.21. The molecule has 0 spiro atoms. The molecule has 0 bridgehead atoms. The molecule has 1 N–H and O–H groups in total. The molecule has 1 aliphatic heterocycles. The van der Waals surface area contributed by atoms with Crippen LogP contribution in [-0.2, 0) is 11.3 Å². The Hall–Kier alpha value is -1.13. The highest BCUT2D eigenvalue weighted by atomic mass is 16.5. The molecule has 2 rings (SSSR count). The molecule has 100 valence electrons. The Morgan fingerprint density at radius 2 is 2.11 bits per heavy atom. The van der Waals surface area contributed by atoms with Crippen LogP contribution in [0.5, 0.6) is 0 Å². The summed E-state index contributed by atoms with van der Waals surface area (Å²) in [6, 6.07) is 2.10. The van der Waals surface area contributed by atoms with Crippen LogP contribution in [0.3, 0.4) is 0 Å². The lowest BCUT2D eigenvalue weighted by Crippen LogP contribution is -2.46. The number of nitrogens with zero attached hydrogens (tertiary/aromatic N) is 2. The Morgan fingerprint density at radius 1 is 1.39 bits per heavy atom. The average Bonchev–Trinajstić information content (AvgIpc) is 2.35. The Morgan fingerprint density at radius 3 is 2.78 bits per heavy atom. The topological polar surface area (TPSA) is 37.4 Å². The van der Waals surface area contributed by atoms with Gasteiger partial charge in [-0.15, -0.1) is 0 Å². The molecule has 2 unspecified atom stereocenters. The van der Waals surface area contributed by atoms with E-state index in [9.17, 15) is 0 Å². The first-order chi connectivity index (χ1) is 8.70. The number of anilines is 1. The number of nitrogens with one attached hydrogen (secondary N) is 1. The van der Waals surface area contributed by atoms with Gasteiger partial charge < -0.3 is 15.0 Å². The fourth-order valence-electron chi connectivity index (χ4n) is 2.48. The highest BCUT2D eigenvalue weighted by Gasteiger charge is 2.23. The molecule has 0 saturated carbocycles. The second-order valence-electron chi connectivity index (χ2n) is 4.95. The van der Waals surface area contributed by atoms with Gasteiger partial charge in [0, 0.05) is 25.8 Å². The van der Waals surface area contributed by atoms with Crippen LogP contribution in [0.4, 0.5) is 5.69 Å². The molecule has 18 heavy (non-hydrogen) atoms. The van der Waals surface area contributed by atoms with Gasteiger partial charge in [0.05, 0.1) is 24.1 Å². The van der Waals surface area contributed by atoms with E-state index in [1.807, 2.05) is 12.4 Å². The largest absolute Gasteiger partial charge is 0.372 e. The van der Waals surface area contributed by atoms with Gasteiger partial charge in [0.1, 0.15) is 0 Å². The summed E-state index contributed by atoms with van der Waals surface area (Å²) in [5.74, 6) is 0. The van der Waals surface area contributed by atoms with Gasteiger partial charge in [0.2, 0.25) is 0 Å². The number of pyridine rings is 1. The van der Waals surface area contributed by atoms with E-state index in [-0.39, 0.29) is 12.2 Å². The highest BCUT2D eigenvalue weighted by molar-refractivity contribution is 5.52. The first-order valence-corrected chi connectivity index (χ1v) is 6.74. The lowest BCUT2D eigenvalue weighted by atomic mass is 10.1. The number of rotatable bonds is 4. The van der Waals surface area contributed by atoms with Crippen LogP contribution in [0, 0.1) is 0 Å². The smallest absolute Gasteiger partial charge is 0.0726 e. The molecule has 1 aromatic rings. The van der Waals surface area contributed by atoms with E-state index in [2.05, 4.69) is 42.0 Å². The second-order valence-corrected chi connectivity index (χ2v) is 4.95. The summed E-state index contributed by atoms with van der Waals surface area (Å²) >= 11 is 0. The molecular formula is C14H23N3O. The van der Waals surface area contributed by atoms with Gasteiger partial charge in [-0.1, -0.05) is 6.92 Å². The molecule has 2 heterocycles. The van der Waals surface area contributed by atoms with E-state index in [1.54, 1.807) is 0 Å². The minimum atomic E-state index is 0.279. The predicted molar refractivity (Wildman–Crippen MR) is 73.8 cm³/mol. The summed E-state index contributed by atoms with van der Waals surface area (Å²) in [5.41, 5.74) is 2.55. The Bertz CT molecular complexity index is 373. The molecule has 0 aromatic carbocycles. The summed E-state index contributed by atoms with van der Waals surface area (Å²) in [6.45, 7) is 10.1. The standard InChI is InChI=1S/C14H23N3O/c1-4-15-7-13-5-6-16-8-14(13)17-9-11(2)18-12(3)10-17/h5-6,8,11-12,15H,4,7,9-10H2,1-3H3. The summed E-state index contributed by atoms with van der Waals surface area (Å²) < 4.78 is 5.78. The van der Waals surface area contributed by atoms with E-state index >= 15 is 0 Å². The van der Waals surface area contributed by atoms with E-state index in [4.69, 9.17) is 4.74 Å². The summed E-state index contributed by atoms with van der Waals surface area (Å²) in [6.07, 6.45) is 4.39. The Balaban J connectivity index is 2.15. The van der Waals surface area contributed by atoms with E-state index in [1.165, 1.54) is 11.3 Å². The van der Waals surface area contributed by atoms with E-state index in [0.717, 1.165) is 26.2 Å². The van der Waals surface area contributed by atoms with Crippen molar-refractivity contribution >= 4 is 5.69 Å². The highest BCUT2D eigenvalue weighted by Crippen LogP contribution is 2.23. The number of morpholine rings is 1. The average molecular weight is 249 g/mol. The zero-order chi connectivity index (χ0) is 13.0. The maximum Gasteiger partial charge on any atom is 0.0726 e. The number of hydrogen-bond acceptors (Lipinski definition) is 4. The third-order valence-electron chi connectivity index (χ3n) is 3.21. The van der Waals surface area contributed by atoms with E-state index in [0.29, 0.717) is 0 Å². The monoisotopic (exact) mass is 249 g/mol. The van der Waals surface area contributed by atoms with Crippen LogP contribution in [-0.4, -0.2) is 36.8 Å². The fraction of sp³-hybridized carbons (Fsp3) is 0.643. The van der Waals surface area contributed by atoms with Crippen LogP contribution in [0.25, 0.3) is 0 Å². The zero-order valence-electron chi connectivity index (χ0n) is 11.5. The lowest BCUT2D eigenvalue weighted by molar-refractivity contribution is -0.00528. The van der Waals surface area contributed by atoms with Crippen molar-refractivity contribution in [3.8, 4) is 0 Å². The molecular weight excluding hydrogens is 226 g/mol. The molecule has 4 nitrogen and oxygen atoms in total. The molecule has 4 heteroatoms. The zero-order valence-corrected chi connectivity index (χ0v) is 11.5. The van der Waals surface area contributed by atoms with Crippen molar-refractivity contribution in [2.24, 2.45) is 0 Å². The van der Waals surface area contributed by atoms with Gasteiger partial charge in [0.25, 0.3) is 0 Å². The van der Waals surface area contributed by atoms with Gasteiger partial charge in [-0.25, -0.2) is 0 Å². The third-order valence-corrected chi connectivity index (χ3v) is 3.21. The number of ether oxygens (including phenoxy) is 1. The van der Waals surface area contributed by atoms with Gasteiger partial charge in [-0.3, -0.25) is 4.98 Å². The minimum Gasteiger partial charge on any atom is -0.372 e.